The largest absolute Gasteiger partial charge is 0.454 e. The molecule has 6 nitrogen and oxygen atoms in total. The molecule has 2 heterocycles. The number of nitrogens with one attached hydrogen (secondary N) is 1. The van der Waals surface area contributed by atoms with Gasteiger partial charge in [0, 0.05) is 30.9 Å². The number of halogens is 1. The summed E-state index contributed by atoms with van der Waals surface area (Å²) in [7, 11) is 0. The zero-order valence-electron chi connectivity index (χ0n) is 12.9. The highest BCUT2D eigenvalue weighted by molar-refractivity contribution is 5.92. The van der Waals surface area contributed by atoms with Gasteiger partial charge in [0.15, 0.2) is 11.5 Å². The highest BCUT2D eigenvalue weighted by atomic mass is 35.5. The predicted molar refractivity (Wildman–Crippen MR) is 89.1 cm³/mol. The Balaban J connectivity index is 0.00000156. The Labute approximate surface area is 141 Å². The molecule has 1 aliphatic carbocycles. The number of hydrogen-bond donors (Lipinski definition) is 2. The fourth-order valence-corrected chi connectivity index (χ4v) is 3.91. The van der Waals surface area contributed by atoms with E-state index in [1.807, 2.05) is 12.1 Å². The summed E-state index contributed by atoms with van der Waals surface area (Å²) in [6.07, 6.45) is 2.33. The lowest BCUT2D eigenvalue weighted by atomic mass is 9.98. The molecule has 3 N–H and O–H groups in total. The molecular weight excluding hydrogens is 318 g/mol. The average molecular weight is 340 g/mol. The Morgan fingerprint density at radius 3 is 2.91 bits per heavy atom. The molecule has 23 heavy (non-hydrogen) atoms. The van der Waals surface area contributed by atoms with E-state index < -0.39 is 0 Å². The van der Waals surface area contributed by atoms with E-state index in [0.717, 1.165) is 30.9 Å². The number of anilines is 1. The number of fused-ring (bicyclic) bond motifs is 2. The van der Waals surface area contributed by atoms with Gasteiger partial charge < -0.3 is 20.5 Å². The van der Waals surface area contributed by atoms with Crippen LogP contribution in [-0.2, 0) is 4.79 Å². The number of nitrogens with zero attached hydrogens (tertiary/aromatic N) is 1. The van der Waals surface area contributed by atoms with E-state index in [0.29, 0.717) is 30.2 Å². The fraction of sp³-hybridized carbons (Fsp3) is 0.562. The molecular formula is C16H22ClN3O3. The summed E-state index contributed by atoms with van der Waals surface area (Å²) in [6.45, 7) is 2.60. The van der Waals surface area contributed by atoms with Crippen molar-refractivity contribution in [2.75, 3.05) is 31.7 Å². The number of amides is 1. The molecule has 4 rings (SSSR count). The molecule has 3 atom stereocenters. The molecule has 7 heteroatoms. The van der Waals surface area contributed by atoms with Crippen molar-refractivity contribution in [1.29, 1.82) is 0 Å². The van der Waals surface area contributed by atoms with Gasteiger partial charge in [-0.2, -0.15) is 0 Å². The molecule has 1 amide bonds. The van der Waals surface area contributed by atoms with Crippen LogP contribution in [0.2, 0.25) is 0 Å². The van der Waals surface area contributed by atoms with Gasteiger partial charge in [0.1, 0.15) is 0 Å². The summed E-state index contributed by atoms with van der Waals surface area (Å²) in [5.74, 6) is 2.65. The zero-order chi connectivity index (χ0) is 15.1. The van der Waals surface area contributed by atoms with Gasteiger partial charge >= 0.3 is 0 Å². The minimum Gasteiger partial charge on any atom is -0.454 e. The second-order valence-corrected chi connectivity index (χ2v) is 6.48. The maximum atomic E-state index is 12.2. The van der Waals surface area contributed by atoms with Crippen molar-refractivity contribution in [3.05, 3.63) is 18.2 Å². The van der Waals surface area contributed by atoms with Crippen LogP contribution in [0.15, 0.2) is 18.2 Å². The molecule has 2 fully saturated rings. The van der Waals surface area contributed by atoms with Crippen LogP contribution in [0.4, 0.5) is 5.69 Å². The number of nitrogens with two attached hydrogens (primary N) is 1. The van der Waals surface area contributed by atoms with Crippen molar-refractivity contribution in [2.24, 2.45) is 17.6 Å². The molecule has 1 aromatic carbocycles. The van der Waals surface area contributed by atoms with Gasteiger partial charge in [0.25, 0.3) is 0 Å². The topological polar surface area (TPSA) is 76.8 Å². The molecule has 1 saturated carbocycles. The van der Waals surface area contributed by atoms with Crippen LogP contribution in [0.5, 0.6) is 11.5 Å². The summed E-state index contributed by atoms with van der Waals surface area (Å²) in [4.78, 5) is 14.4. The maximum absolute atomic E-state index is 12.2. The lowest BCUT2D eigenvalue weighted by molar-refractivity contribution is -0.117. The fourth-order valence-electron chi connectivity index (χ4n) is 3.91. The number of likely N-dealkylation sites (tertiary alicyclic amines) is 1. The monoisotopic (exact) mass is 339 g/mol. The first-order valence-electron chi connectivity index (χ1n) is 7.86. The molecule has 0 radical (unpaired) electrons. The number of hydrogen-bond acceptors (Lipinski definition) is 5. The average Bonchev–Trinajstić information content (AvgIpc) is 3.16. The molecule has 3 aliphatic rings. The quantitative estimate of drug-likeness (QED) is 0.871. The van der Waals surface area contributed by atoms with Crippen LogP contribution < -0.4 is 20.5 Å². The normalized spacial score (nSPS) is 28.3. The molecule has 2 aliphatic heterocycles. The molecule has 1 aromatic rings. The van der Waals surface area contributed by atoms with E-state index in [2.05, 4.69) is 10.2 Å². The number of carbonyl (C=O) groups excluding carboxylic acids is 1. The van der Waals surface area contributed by atoms with Gasteiger partial charge in [0.05, 0.1) is 6.54 Å². The van der Waals surface area contributed by atoms with Crippen molar-refractivity contribution >= 4 is 24.0 Å². The minimum atomic E-state index is 0. The second kappa shape index (κ2) is 6.55. The first kappa shape index (κ1) is 16.4. The zero-order valence-corrected chi connectivity index (χ0v) is 13.7. The van der Waals surface area contributed by atoms with Crippen molar-refractivity contribution in [3.63, 3.8) is 0 Å². The van der Waals surface area contributed by atoms with Gasteiger partial charge in [-0.25, -0.2) is 0 Å². The van der Waals surface area contributed by atoms with Gasteiger partial charge in [0.2, 0.25) is 12.7 Å². The molecule has 126 valence electrons. The third-order valence-electron chi connectivity index (χ3n) is 5.01. The number of benzene rings is 1. The maximum Gasteiger partial charge on any atom is 0.238 e. The standard InChI is InChI=1S/C16H21N3O3.ClH/c17-13-3-1-10-6-19(7-12(10)13)8-16(20)18-11-2-4-14-15(5-11)22-9-21-14;/h2,4-5,10,12-13H,1,3,6-9,17H2,(H,18,20);1H. The van der Waals surface area contributed by atoms with Crippen LogP contribution >= 0.6 is 12.4 Å². The van der Waals surface area contributed by atoms with Crippen LogP contribution in [0.1, 0.15) is 12.8 Å². The summed E-state index contributed by atoms with van der Waals surface area (Å²) in [5.41, 5.74) is 6.88. The van der Waals surface area contributed by atoms with E-state index in [-0.39, 0.29) is 25.1 Å². The summed E-state index contributed by atoms with van der Waals surface area (Å²) in [6, 6.07) is 5.76. The third-order valence-corrected chi connectivity index (χ3v) is 5.01. The number of carbonyl (C=O) groups is 1. The van der Waals surface area contributed by atoms with E-state index in [9.17, 15) is 4.79 Å². The minimum absolute atomic E-state index is 0. The van der Waals surface area contributed by atoms with Crippen molar-refractivity contribution in [2.45, 2.75) is 18.9 Å². The van der Waals surface area contributed by atoms with E-state index in [4.69, 9.17) is 15.2 Å². The van der Waals surface area contributed by atoms with Gasteiger partial charge in [-0.1, -0.05) is 0 Å². The SMILES string of the molecule is Cl.NC1CCC2CN(CC(=O)Nc3ccc4c(c3)OCO4)CC12. The lowest BCUT2D eigenvalue weighted by Crippen LogP contribution is -2.34. The second-order valence-electron chi connectivity index (χ2n) is 6.48. The van der Waals surface area contributed by atoms with Gasteiger partial charge in [-0.15, -0.1) is 12.4 Å². The summed E-state index contributed by atoms with van der Waals surface area (Å²) in [5, 5.41) is 2.93. The Bertz CT molecular complexity index is 598. The van der Waals surface area contributed by atoms with Crippen LogP contribution in [0.3, 0.4) is 0 Å². The lowest BCUT2D eigenvalue weighted by Gasteiger charge is -2.17. The number of ether oxygens (including phenoxy) is 2. The van der Waals surface area contributed by atoms with Crippen LogP contribution in [0, 0.1) is 11.8 Å². The third kappa shape index (κ3) is 3.24. The van der Waals surface area contributed by atoms with Crippen molar-refractivity contribution < 1.29 is 14.3 Å². The highest BCUT2D eigenvalue weighted by Crippen LogP contribution is 2.37. The molecule has 0 spiro atoms. The van der Waals surface area contributed by atoms with Crippen molar-refractivity contribution in [1.82, 2.24) is 4.90 Å². The Hall–Kier alpha value is -1.50. The molecule has 0 aromatic heterocycles. The summed E-state index contributed by atoms with van der Waals surface area (Å²) < 4.78 is 10.6. The van der Waals surface area contributed by atoms with Crippen LogP contribution in [-0.4, -0.2) is 43.3 Å². The smallest absolute Gasteiger partial charge is 0.238 e. The van der Waals surface area contributed by atoms with E-state index in [1.54, 1.807) is 6.07 Å². The predicted octanol–water partition coefficient (Wildman–Crippen LogP) is 1.44. The van der Waals surface area contributed by atoms with Crippen molar-refractivity contribution in [3.8, 4) is 11.5 Å². The Morgan fingerprint density at radius 2 is 2.09 bits per heavy atom. The van der Waals surface area contributed by atoms with Gasteiger partial charge in [-0.3, -0.25) is 9.69 Å². The van der Waals surface area contributed by atoms with E-state index in [1.165, 1.54) is 6.42 Å². The first-order valence-corrected chi connectivity index (χ1v) is 7.86. The Morgan fingerprint density at radius 1 is 1.26 bits per heavy atom. The first-order chi connectivity index (χ1) is 10.7. The highest BCUT2D eigenvalue weighted by Gasteiger charge is 2.41. The Kier molecular flexibility index (Phi) is 4.66. The van der Waals surface area contributed by atoms with Gasteiger partial charge in [-0.05, 0) is 36.8 Å². The molecule has 3 unspecified atom stereocenters. The van der Waals surface area contributed by atoms with Crippen LogP contribution in [0.25, 0.3) is 0 Å². The summed E-state index contributed by atoms with van der Waals surface area (Å²) >= 11 is 0. The van der Waals surface area contributed by atoms with E-state index >= 15 is 0 Å². The molecule has 0 bridgehead atoms. The number of rotatable bonds is 3. The molecule has 1 saturated heterocycles.